The first-order chi connectivity index (χ1) is 22.4. The van der Waals surface area contributed by atoms with E-state index in [0.29, 0.717) is 16.7 Å². The van der Waals surface area contributed by atoms with Crippen molar-refractivity contribution in [2.45, 2.75) is 9.79 Å². The average molecular weight is 778 g/mol. The maximum atomic E-state index is 13.0. The number of nitro benzene ring substituents is 2. The molecule has 6 rings (SSSR count). The van der Waals surface area contributed by atoms with Crippen LogP contribution in [0.3, 0.4) is 0 Å². The summed E-state index contributed by atoms with van der Waals surface area (Å²) in [6.07, 6.45) is 0. The quantitative estimate of drug-likeness (QED) is 0.0878. The molecule has 47 heavy (non-hydrogen) atoms. The van der Waals surface area contributed by atoms with Crippen molar-refractivity contribution in [3.8, 4) is 0 Å². The molecule has 0 aliphatic rings. The normalized spacial score (nSPS) is 11.5. The van der Waals surface area contributed by atoms with Crippen LogP contribution in [0.5, 0.6) is 0 Å². The molecule has 2 aromatic heterocycles. The van der Waals surface area contributed by atoms with Gasteiger partial charge in [0, 0.05) is 36.1 Å². The summed E-state index contributed by atoms with van der Waals surface area (Å²) in [7, 11) is -7.64. The van der Waals surface area contributed by atoms with Crippen LogP contribution in [0.1, 0.15) is 0 Å². The zero-order chi connectivity index (χ0) is 33.8. The molecule has 0 aliphatic carbocycles. The van der Waals surface area contributed by atoms with Crippen molar-refractivity contribution in [3.05, 3.63) is 116 Å². The Kier molecular flexibility index (Phi) is 10.1. The van der Waals surface area contributed by atoms with Crippen LogP contribution < -0.4 is 9.03 Å². The smallest absolute Gasteiger partial charge is 0.269 e. The van der Waals surface area contributed by atoms with Gasteiger partial charge < -0.3 is 0 Å². The van der Waals surface area contributed by atoms with Crippen molar-refractivity contribution in [1.82, 2.24) is 9.97 Å². The Hall–Kier alpha value is -4.56. The van der Waals surface area contributed by atoms with E-state index in [1.807, 2.05) is 0 Å². The van der Waals surface area contributed by atoms with E-state index >= 15 is 0 Å². The van der Waals surface area contributed by atoms with Crippen molar-refractivity contribution < 1.29 is 26.7 Å². The minimum atomic E-state index is -3.85. The molecular formula is C28H21BrN6O8S4. The van der Waals surface area contributed by atoms with Gasteiger partial charge >= 0.3 is 0 Å². The number of anilines is 2. The molecule has 0 saturated carbocycles. The van der Waals surface area contributed by atoms with Crippen LogP contribution in [0, 0.1) is 20.2 Å². The minimum Gasteiger partial charge on any atom is -0.280 e. The monoisotopic (exact) mass is 776 g/mol. The summed E-state index contributed by atoms with van der Waals surface area (Å²) in [5.41, 5.74) is 5.60. The molecule has 6 aromatic rings. The van der Waals surface area contributed by atoms with Crippen molar-refractivity contribution in [1.29, 1.82) is 0 Å². The molecule has 0 amide bonds. The number of nitrogens with zero attached hydrogens (tertiary/aromatic N) is 5. The predicted molar refractivity (Wildman–Crippen MR) is 185 cm³/mol. The van der Waals surface area contributed by atoms with Gasteiger partial charge in [-0.3, -0.25) is 29.3 Å². The Morgan fingerprint density at radius 1 is 0.723 bits per heavy atom. The van der Waals surface area contributed by atoms with E-state index in [9.17, 15) is 37.1 Å². The molecule has 1 N–H and O–H groups in total. The number of sulfonamides is 2. The van der Waals surface area contributed by atoms with Gasteiger partial charge in [0.15, 0.2) is 0 Å². The van der Waals surface area contributed by atoms with Crippen molar-refractivity contribution in [2.24, 2.45) is 0 Å². The standard InChI is InChI=1S/C15H12BrN3O4S2.C13H9N3O4S2/c16-7-8-18(12-3-6-14-15(9-12)24-10-17-14)25(22,23)13-4-1-11(2-5-13)19(20)21;17-16(18)10-2-4-11(5-3-10)22(19,20)15-9-1-6-12-13(7-9)21-8-14-12/h1-6,9-10H,7-8H2;1-8,15H. The second-order valence-corrected chi connectivity index (χ2v) is 15.5. The number of rotatable bonds is 10. The lowest BCUT2D eigenvalue weighted by Crippen LogP contribution is -2.32. The number of benzene rings is 4. The number of thiazole rings is 2. The lowest BCUT2D eigenvalue weighted by Gasteiger charge is -2.23. The molecule has 4 aromatic carbocycles. The van der Waals surface area contributed by atoms with E-state index in [4.69, 9.17) is 0 Å². The number of hydrogen-bond donors (Lipinski definition) is 1. The third kappa shape index (κ3) is 7.71. The van der Waals surface area contributed by atoms with Gasteiger partial charge in [-0.05, 0) is 60.7 Å². The topological polar surface area (TPSA) is 196 Å². The first kappa shape index (κ1) is 33.8. The fraction of sp³-hybridized carbons (Fsp3) is 0.0714. The highest BCUT2D eigenvalue weighted by molar-refractivity contribution is 9.09. The van der Waals surface area contributed by atoms with Crippen LogP contribution in [0.2, 0.25) is 0 Å². The van der Waals surface area contributed by atoms with Gasteiger partial charge in [-0.25, -0.2) is 26.8 Å². The van der Waals surface area contributed by atoms with Crippen molar-refractivity contribution >= 4 is 102 Å². The number of non-ortho nitro benzene ring substituents is 2. The van der Waals surface area contributed by atoms with Crippen molar-refractivity contribution in [3.63, 3.8) is 0 Å². The molecule has 2 heterocycles. The second-order valence-electron chi connectivity index (χ2n) is 9.41. The van der Waals surface area contributed by atoms with Gasteiger partial charge in [-0.2, -0.15) is 0 Å². The van der Waals surface area contributed by atoms with Crippen molar-refractivity contribution in [2.75, 3.05) is 20.9 Å². The minimum absolute atomic E-state index is 0.00320. The maximum absolute atomic E-state index is 13.0. The summed E-state index contributed by atoms with van der Waals surface area (Å²) >= 11 is 6.12. The summed E-state index contributed by atoms with van der Waals surface area (Å²) in [5.74, 6) is 0. The van der Waals surface area contributed by atoms with E-state index in [2.05, 4.69) is 30.6 Å². The summed E-state index contributed by atoms with van der Waals surface area (Å²) < 4.78 is 56.0. The molecule has 0 fully saturated rings. The van der Waals surface area contributed by atoms with Crippen LogP contribution in [0.25, 0.3) is 20.4 Å². The van der Waals surface area contributed by atoms with Gasteiger partial charge in [-0.15, -0.1) is 22.7 Å². The predicted octanol–water partition coefficient (Wildman–Crippen LogP) is 6.80. The molecule has 0 bridgehead atoms. The van der Waals surface area contributed by atoms with E-state index in [1.165, 1.54) is 63.4 Å². The molecule has 0 radical (unpaired) electrons. The van der Waals surface area contributed by atoms with E-state index < -0.39 is 29.9 Å². The zero-order valence-electron chi connectivity index (χ0n) is 23.7. The molecule has 0 spiro atoms. The Bertz CT molecular complexity index is 2300. The van der Waals surface area contributed by atoms with Gasteiger partial charge in [0.25, 0.3) is 31.4 Å². The SMILES string of the molecule is O=[N+]([O-])c1ccc(S(=O)(=O)N(CCBr)c2ccc3ncsc3c2)cc1.O=[N+]([O-])c1ccc(S(=O)(=O)Nc2ccc3ncsc3c2)cc1. The summed E-state index contributed by atoms with van der Waals surface area (Å²) in [6, 6.07) is 19.9. The first-order valence-electron chi connectivity index (χ1n) is 13.2. The highest BCUT2D eigenvalue weighted by atomic mass is 79.9. The number of nitro groups is 2. The summed E-state index contributed by atoms with van der Waals surface area (Å²) in [6.45, 7) is 0.226. The average Bonchev–Trinajstić information content (AvgIpc) is 3.73. The van der Waals surface area contributed by atoms with Crippen LogP contribution in [0.4, 0.5) is 22.7 Å². The molecule has 19 heteroatoms. The van der Waals surface area contributed by atoms with E-state index in [-0.39, 0.29) is 27.7 Å². The maximum Gasteiger partial charge on any atom is 0.269 e. The van der Waals surface area contributed by atoms with Crippen LogP contribution >= 0.6 is 38.6 Å². The third-order valence-corrected chi connectivity index (χ3v) is 11.6. The Morgan fingerprint density at radius 2 is 1.23 bits per heavy atom. The van der Waals surface area contributed by atoms with E-state index in [0.717, 1.165) is 32.6 Å². The lowest BCUT2D eigenvalue weighted by atomic mass is 10.3. The summed E-state index contributed by atoms with van der Waals surface area (Å²) in [5, 5.41) is 21.8. The number of aromatic nitrogens is 2. The number of alkyl halides is 1. The van der Waals surface area contributed by atoms with E-state index in [1.54, 1.807) is 47.4 Å². The van der Waals surface area contributed by atoms with Gasteiger partial charge in [0.2, 0.25) is 0 Å². The molecular weight excluding hydrogens is 757 g/mol. The number of hydrogen-bond acceptors (Lipinski definition) is 12. The van der Waals surface area contributed by atoms with Gasteiger partial charge in [-0.1, -0.05) is 15.9 Å². The molecule has 0 atom stereocenters. The molecule has 0 aliphatic heterocycles. The van der Waals surface area contributed by atoms with Gasteiger partial charge in [0.05, 0.1) is 62.5 Å². The fourth-order valence-corrected chi connectivity index (χ4v) is 8.73. The molecule has 0 unspecified atom stereocenters. The number of halogens is 1. The molecule has 0 saturated heterocycles. The fourth-order valence-electron chi connectivity index (χ4n) is 4.21. The molecule has 14 nitrogen and oxygen atoms in total. The number of fused-ring (bicyclic) bond motifs is 2. The highest BCUT2D eigenvalue weighted by Gasteiger charge is 2.25. The Labute approximate surface area is 283 Å². The molecule has 242 valence electrons. The van der Waals surface area contributed by atoms with Crippen LogP contribution in [-0.4, -0.2) is 48.5 Å². The zero-order valence-corrected chi connectivity index (χ0v) is 28.5. The highest BCUT2D eigenvalue weighted by Crippen LogP contribution is 2.30. The Morgan fingerprint density at radius 3 is 1.77 bits per heavy atom. The largest absolute Gasteiger partial charge is 0.280 e. The van der Waals surface area contributed by atoms with Crippen LogP contribution in [0.15, 0.2) is 106 Å². The lowest BCUT2D eigenvalue weighted by molar-refractivity contribution is -0.385. The number of nitrogens with one attached hydrogen (secondary N) is 1. The van der Waals surface area contributed by atoms with Crippen LogP contribution in [-0.2, 0) is 20.0 Å². The summed E-state index contributed by atoms with van der Waals surface area (Å²) in [4.78, 5) is 28.5. The second kappa shape index (κ2) is 14.1. The first-order valence-corrected chi connectivity index (χ1v) is 19.0. The Balaban J connectivity index is 0.000000186. The van der Waals surface area contributed by atoms with Gasteiger partial charge in [0.1, 0.15) is 0 Å². The third-order valence-electron chi connectivity index (χ3n) is 6.47.